The number of unbranched alkanes of at least 4 members (excludes halogenated alkanes) is 3. The summed E-state index contributed by atoms with van der Waals surface area (Å²) < 4.78 is 157. The van der Waals surface area contributed by atoms with Gasteiger partial charge in [0.15, 0.2) is 22.9 Å². The van der Waals surface area contributed by atoms with Gasteiger partial charge in [0.1, 0.15) is 140 Å². The number of fused-ring (bicyclic) bond motifs is 2. The first kappa shape index (κ1) is 113. The summed E-state index contributed by atoms with van der Waals surface area (Å²) in [4.78, 5) is 204. The third kappa shape index (κ3) is 27.5. The van der Waals surface area contributed by atoms with Crippen LogP contribution >= 0.6 is 72.1 Å². The Balaban J connectivity index is 0.550. The minimum atomic E-state index is -4.72. The largest absolute Gasteiger partial charge is 0.582 e. The number of aromatic nitrogens is 18. The highest BCUT2D eigenvalue weighted by atomic mass is 32.7. The van der Waals surface area contributed by atoms with Gasteiger partial charge in [0, 0.05) is 97.3 Å². The van der Waals surface area contributed by atoms with Crippen LogP contribution in [0, 0.1) is 34.6 Å². The molecule has 0 amide bonds. The summed E-state index contributed by atoms with van der Waals surface area (Å²) in [6.07, 6.45) is -11.7. The number of anilines is 4. The van der Waals surface area contributed by atoms with Crippen molar-refractivity contribution < 1.29 is 131 Å². The van der Waals surface area contributed by atoms with Gasteiger partial charge in [-0.25, -0.2) is 58.4 Å². The van der Waals surface area contributed by atoms with Gasteiger partial charge in [0.2, 0.25) is 0 Å². The lowest BCUT2D eigenvalue weighted by atomic mass is 10.0. The van der Waals surface area contributed by atoms with Crippen LogP contribution in [-0.4, -0.2) is 255 Å². The van der Waals surface area contributed by atoms with Crippen LogP contribution in [0.4, 0.5) is 23.3 Å². The molecule has 804 valence electrons. The zero-order valence-corrected chi connectivity index (χ0v) is 89.9. The monoisotopic (exact) mass is 2330 g/mol. The average molecular weight is 2330 g/mol. The molecule has 7 saturated heterocycles. The average Bonchev–Trinajstić information content (AvgIpc) is 1.63. The van der Waals surface area contributed by atoms with Gasteiger partial charge in [-0.1, -0.05) is 31.5 Å². The quantitative estimate of drug-likeness (QED) is 0.0148. The fourth-order valence-electron chi connectivity index (χ4n) is 17.4. The van der Waals surface area contributed by atoms with Crippen molar-refractivity contribution in [3.05, 3.63) is 168 Å². The van der Waals surface area contributed by atoms with E-state index < -0.39 is 261 Å². The van der Waals surface area contributed by atoms with Crippen molar-refractivity contribution in [3.8, 4) is 0 Å². The molecule has 0 spiro atoms. The number of nitrogens with two attached hydrogens (primary N) is 4. The molecule has 0 aliphatic carbocycles. The Hall–Kier alpha value is -6.66. The van der Waals surface area contributed by atoms with Gasteiger partial charge < -0.3 is 135 Å². The molecule has 16 rings (SSSR count). The maximum atomic E-state index is 14.4. The Morgan fingerprint density at radius 3 is 1.19 bits per heavy atom. The molecule has 147 heavy (non-hydrogen) atoms. The summed E-state index contributed by atoms with van der Waals surface area (Å²) in [5.41, 5.74) is 20.0. The summed E-state index contributed by atoms with van der Waals surface area (Å²) in [5, 5.41) is 10.3. The van der Waals surface area contributed by atoms with Gasteiger partial charge >= 0.3 is 76.1 Å². The number of rotatable bonds is 45. The third-order valence-corrected chi connectivity index (χ3v) is 35.1. The normalized spacial score (nSPS) is 29.0. The lowest BCUT2D eigenvalue weighted by Gasteiger charge is -2.30. The smallest absolute Gasteiger partial charge is 0.394 e. The van der Waals surface area contributed by atoms with E-state index >= 15 is 0 Å². The standard InChI is InChI=1S/C75H101N22O36P7S7/c1-34-18-91(71(102)86-62(34)76)39-24-114-52(61(39)133-140(113,147)119-28-50-45(16-56(125-50)95-22-38(5)70(101)90-75(95)106)131-137(110,144)116-25-48-41(127-134(107)141)12-57(123-48)96-32-84-59-64(78)80-30-82-66(59)96)29-120-139(112,146)128-42-13-53(93-20-36(3)68(99)88-73(93)104)121-40(42)10-8-6-7-9-11-115-135(108,142)130-44-15-55(92-19-35(2)63(77)87-72(92)103)124-49(44)26-118-138(111,145)132-46-17-58(97-33-85-60-65(79)81-31-83-67(60)97)126-51(46)27-117-136(109,143)129-43-14-54(122-47(43)23-98)94-21-37(4)69(100)89-74(94)105/h18-22,30-33,39-58,61,98H,6-17,23-29H2,1-5H3,(H17-,76,77,78,79,80,81,82,83,86,87,88,89,90,99,100,101,102,103,104,105,106,107,108,109,110,111,112,113,141,142,143,144,145,146,147)/p+1/t39?,40-,41?,42?,43?,44?,45?,46-,47-,48-,49-,50-,51-,52-,53?,54-,55-,56-,57-,58?,61-,135?,136?,137?,138?,139?,140?/m1/s1. The number of hydrogen-bond donors (Lipinski definition) is 15. The van der Waals surface area contributed by atoms with E-state index in [9.17, 15) is 77.1 Å². The fraction of sp³-hybridized carbons (Fsp3) is 0.600. The van der Waals surface area contributed by atoms with Crippen LogP contribution in [0.15, 0.2) is 94.6 Å². The molecule has 7 aliphatic rings. The summed E-state index contributed by atoms with van der Waals surface area (Å²) in [5.74, 6) is -0.0616. The van der Waals surface area contributed by atoms with E-state index in [1.807, 2.05) is 0 Å². The van der Waals surface area contributed by atoms with Crippen molar-refractivity contribution in [3.63, 3.8) is 0 Å². The van der Waals surface area contributed by atoms with Crippen LogP contribution in [0.1, 0.15) is 142 Å². The minimum absolute atomic E-state index is 0.0375. The Bertz CT molecular complexity index is 7260. The van der Waals surface area contributed by atoms with E-state index in [1.165, 1.54) is 86.2 Å². The number of aliphatic hydroxyl groups excluding tert-OH is 1. The number of hydrogen-bond acceptors (Lipinski definition) is 48. The van der Waals surface area contributed by atoms with E-state index in [-0.39, 0.29) is 121 Å². The number of aromatic amines is 3. The lowest BCUT2D eigenvalue weighted by molar-refractivity contribution is -0.0541. The van der Waals surface area contributed by atoms with E-state index in [4.69, 9.17) is 174 Å². The topological polar surface area (TPSA) is 766 Å². The molecule has 15 unspecified atom stereocenters. The molecule has 16 heterocycles. The van der Waals surface area contributed by atoms with Crippen LogP contribution in [0.25, 0.3) is 22.3 Å². The predicted octanol–water partition coefficient (Wildman–Crippen LogP) is 2.81. The van der Waals surface area contributed by atoms with Crippen molar-refractivity contribution in [1.29, 1.82) is 0 Å². The molecule has 7 aliphatic heterocycles. The zero-order chi connectivity index (χ0) is 106. The molecule has 58 nitrogen and oxygen atoms in total. The first-order chi connectivity index (χ1) is 69.4. The van der Waals surface area contributed by atoms with Gasteiger partial charge in [-0.15, -0.1) is 4.52 Å². The Morgan fingerprint density at radius 2 is 0.762 bits per heavy atom. The highest BCUT2D eigenvalue weighted by molar-refractivity contribution is 8.44. The molecular formula is C75H102N22O36P7S7+. The summed E-state index contributed by atoms with van der Waals surface area (Å²) in [6, 6.07) is -1.22. The Labute approximate surface area is 866 Å². The molecule has 0 bridgehead atoms. The third-order valence-electron chi connectivity index (χ3n) is 24.7. The van der Waals surface area contributed by atoms with Crippen LogP contribution in [-0.2, 0) is 160 Å². The first-order valence-corrected chi connectivity index (χ1v) is 62.9. The molecule has 9 aromatic heterocycles. The van der Waals surface area contributed by atoms with Crippen molar-refractivity contribution >= 4 is 177 Å². The van der Waals surface area contributed by atoms with Gasteiger partial charge in [0.25, 0.3) is 16.7 Å². The van der Waals surface area contributed by atoms with E-state index in [2.05, 4.69) is 79.3 Å². The molecule has 9 aromatic rings. The summed E-state index contributed by atoms with van der Waals surface area (Å²) >= 11 is 36.2. The summed E-state index contributed by atoms with van der Waals surface area (Å²) in [6.45, 7) is -24.0. The number of aryl methyl sites for hydroxylation is 5. The molecule has 0 aromatic carbocycles. The van der Waals surface area contributed by atoms with E-state index in [1.54, 1.807) is 13.8 Å². The van der Waals surface area contributed by atoms with E-state index in [0.717, 1.165) is 22.8 Å². The number of ether oxygens (including phenoxy) is 7. The van der Waals surface area contributed by atoms with Gasteiger partial charge in [-0.05, 0) is 111 Å². The van der Waals surface area contributed by atoms with Crippen molar-refractivity contribution in [1.82, 2.24) is 86.8 Å². The second-order valence-electron chi connectivity index (χ2n) is 34.9. The Morgan fingerprint density at radius 1 is 0.422 bits per heavy atom. The van der Waals surface area contributed by atoms with E-state index in [0.29, 0.717) is 36.0 Å². The van der Waals surface area contributed by atoms with Crippen LogP contribution in [0.3, 0.4) is 0 Å². The zero-order valence-electron chi connectivity index (χ0n) is 77.8. The van der Waals surface area contributed by atoms with Crippen LogP contribution in [0.2, 0.25) is 0 Å². The number of thiol groups is 2. The number of aliphatic hydroxyl groups is 1. The molecule has 0 saturated carbocycles. The maximum absolute atomic E-state index is 14.4. The van der Waals surface area contributed by atoms with Crippen molar-refractivity contribution in [2.24, 2.45) is 0 Å². The van der Waals surface area contributed by atoms with Crippen LogP contribution < -0.4 is 68.1 Å². The maximum Gasteiger partial charge on any atom is 0.582 e. The van der Waals surface area contributed by atoms with Crippen LogP contribution in [0.5, 0.6) is 0 Å². The molecular weight excluding hydrogens is 2230 g/mol. The van der Waals surface area contributed by atoms with Gasteiger partial charge in [0.05, 0.1) is 102 Å². The molecule has 28 atom stereocenters. The van der Waals surface area contributed by atoms with Crippen molar-refractivity contribution in [2.75, 3.05) is 75.8 Å². The van der Waals surface area contributed by atoms with Crippen molar-refractivity contribution in [2.45, 2.75) is 234 Å². The van der Waals surface area contributed by atoms with Gasteiger partial charge in [-0.2, -0.15) is 9.97 Å². The molecule has 7 fully saturated rings. The number of nitrogens with one attached hydrogen (secondary N) is 3. The molecule has 72 heteroatoms. The molecule has 0 radical (unpaired) electrons. The SMILES string of the molecule is Cc1cn(C2CO[C@H](COP(O)(=S)OC3CC(n4cc(C)c(=O)[nH]c4=O)O[C@@H]3CCCCCCOP(=O)(S)OC3C[C@H](n4cc(C)c(N)nc4=O)O[C@@H]3COP(O)(=S)O[C@@H]3CC(n4cnc5c(N)ncnc54)O[C@@H]3COP(O)(=S)OC3C[C@H](n4cc(C)c(=O)[nH]c4=O)O[C@@H]3CO)[C@@H]2OP(O)(=S)OC[C@H]2O[C@@H](n3cc(C)c(=O)[nH]c3=O)CC2OP(O)(=S)OC[C@H]2O[C@@H](n3cnc4c(N)ncnc43)CC2O[P+](=O)S)c(=O)nc1N. The second-order valence-corrected chi connectivity index (χ2v) is 53.4. The lowest BCUT2D eigenvalue weighted by Crippen LogP contribution is -2.38. The minimum Gasteiger partial charge on any atom is -0.394 e. The highest BCUT2D eigenvalue weighted by Crippen LogP contribution is 2.60. The molecule has 17 N–H and O–H groups in total. The summed E-state index contributed by atoms with van der Waals surface area (Å²) in [7, 11) is -2.53. The second kappa shape index (κ2) is 46.9. The predicted molar refractivity (Wildman–Crippen MR) is 539 cm³/mol. The Kier molecular flexibility index (Phi) is 36.1. The highest BCUT2D eigenvalue weighted by Gasteiger charge is 2.52. The number of nitrogen functional groups attached to an aromatic ring is 4. The first-order valence-electron chi connectivity index (χ1n) is 44.9. The number of imidazole rings is 2. The van der Waals surface area contributed by atoms with Gasteiger partial charge in [-0.3, -0.25) is 65.8 Å². The number of H-pyrrole nitrogens is 3. The fourth-order valence-corrected chi connectivity index (χ4v) is 27.2. The number of nitrogens with zero attached hydrogens (tertiary/aromatic N) is 15.